The van der Waals surface area contributed by atoms with Crippen LogP contribution in [0.5, 0.6) is 5.75 Å². The molecule has 1 saturated heterocycles. The first-order valence-corrected chi connectivity index (χ1v) is 11.7. The van der Waals surface area contributed by atoms with Gasteiger partial charge in [-0.1, -0.05) is 42.5 Å². The Morgan fingerprint density at radius 1 is 1.13 bits per heavy atom. The lowest BCUT2D eigenvalue weighted by atomic mass is 10.1. The van der Waals surface area contributed by atoms with Gasteiger partial charge in [0.1, 0.15) is 5.75 Å². The third-order valence-corrected chi connectivity index (χ3v) is 5.92. The molecule has 0 radical (unpaired) electrons. The fourth-order valence-corrected chi connectivity index (χ4v) is 4.07. The van der Waals surface area contributed by atoms with E-state index in [4.69, 9.17) is 21.7 Å². The summed E-state index contributed by atoms with van der Waals surface area (Å²) in [5.41, 5.74) is 2.46. The van der Waals surface area contributed by atoms with Crippen molar-refractivity contribution in [1.82, 2.24) is 15.1 Å². The van der Waals surface area contributed by atoms with Gasteiger partial charge in [-0.15, -0.1) is 0 Å². The van der Waals surface area contributed by atoms with Gasteiger partial charge in [-0.2, -0.15) is 0 Å². The Bertz CT molecular complexity index is 779. The number of rotatable bonds is 10. The standard InChI is InChI=1S/C25H35N3O2S/c1-3-30-24-12-10-22(11-13-24)20-28(15-7-14-27-16-18-29-19-17-27)25(31)26-21(2)23-8-5-4-6-9-23/h4-6,8-13,21H,3,7,14-20H2,1-2H3,(H,26,31). The van der Waals surface area contributed by atoms with Crippen molar-refractivity contribution in [2.24, 2.45) is 0 Å². The quantitative estimate of drug-likeness (QED) is 0.556. The molecule has 1 aliphatic heterocycles. The van der Waals surface area contributed by atoms with E-state index in [1.54, 1.807) is 0 Å². The molecule has 2 aromatic carbocycles. The van der Waals surface area contributed by atoms with Crippen molar-refractivity contribution in [3.05, 3.63) is 65.7 Å². The van der Waals surface area contributed by atoms with Gasteiger partial charge in [0.2, 0.25) is 0 Å². The monoisotopic (exact) mass is 441 g/mol. The van der Waals surface area contributed by atoms with E-state index in [-0.39, 0.29) is 6.04 Å². The summed E-state index contributed by atoms with van der Waals surface area (Å²) < 4.78 is 11.0. The molecule has 5 nitrogen and oxygen atoms in total. The van der Waals surface area contributed by atoms with E-state index < -0.39 is 0 Å². The van der Waals surface area contributed by atoms with Crippen molar-refractivity contribution < 1.29 is 9.47 Å². The van der Waals surface area contributed by atoms with Crippen molar-refractivity contribution in [1.29, 1.82) is 0 Å². The molecule has 1 unspecified atom stereocenters. The number of benzene rings is 2. The lowest BCUT2D eigenvalue weighted by Gasteiger charge is -2.31. The highest BCUT2D eigenvalue weighted by Crippen LogP contribution is 2.16. The number of ether oxygens (including phenoxy) is 2. The molecule has 0 spiro atoms. The van der Waals surface area contributed by atoms with E-state index >= 15 is 0 Å². The molecule has 0 aliphatic carbocycles. The molecule has 1 fully saturated rings. The van der Waals surface area contributed by atoms with Crippen molar-refractivity contribution in [2.45, 2.75) is 32.9 Å². The van der Waals surface area contributed by atoms with E-state index in [0.29, 0.717) is 6.61 Å². The van der Waals surface area contributed by atoms with Crippen LogP contribution in [0.15, 0.2) is 54.6 Å². The van der Waals surface area contributed by atoms with Gasteiger partial charge in [-0.3, -0.25) is 4.90 Å². The summed E-state index contributed by atoms with van der Waals surface area (Å²) >= 11 is 5.84. The molecule has 31 heavy (non-hydrogen) atoms. The highest BCUT2D eigenvalue weighted by molar-refractivity contribution is 7.80. The highest BCUT2D eigenvalue weighted by atomic mass is 32.1. The van der Waals surface area contributed by atoms with Gasteiger partial charge in [0.05, 0.1) is 25.9 Å². The van der Waals surface area contributed by atoms with Gasteiger partial charge in [-0.25, -0.2) is 0 Å². The maximum Gasteiger partial charge on any atom is 0.169 e. The van der Waals surface area contributed by atoms with Crippen LogP contribution in [0, 0.1) is 0 Å². The van der Waals surface area contributed by atoms with Crippen molar-refractivity contribution >= 4 is 17.3 Å². The Labute approximate surface area is 192 Å². The summed E-state index contributed by atoms with van der Waals surface area (Å²) in [7, 11) is 0. The molecule has 0 aromatic heterocycles. The van der Waals surface area contributed by atoms with E-state index in [9.17, 15) is 0 Å². The Morgan fingerprint density at radius 3 is 2.52 bits per heavy atom. The van der Waals surface area contributed by atoms with Gasteiger partial charge in [-0.05, 0) is 55.7 Å². The summed E-state index contributed by atoms with van der Waals surface area (Å²) in [6, 6.07) is 18.9. The van der Waals surface area contributed by atoms with Crippen LogP contribution in [-0.4, -0.2) is 60.9 Å². The third kappa shape index (κ3) is 7.80. The van der Waals surface area contributed by atoms with E-state index in [2.05, 4.69) is 58.4 Å². The molecule has 0 amide bonds. The van der Waals surface area contributed by atoms with Gasteiger partial charge in [0.15, 0.2) is 5.11 Å². The summed E-state index contributed by atoms with van der Waals surface area (Å²) in [6.07, 6.45) is 1.07. The van der Waals surface area contributed by atoms with Crippen LogP contribution in [0.2, 0.25) is 0 Å². The molecule has 1 atom stereocenters. The molecule has 168 valence electrons. The third-order valence-electron chi connectivity index (χ3n) is 5.54. The van der Waals surface area contributed by atoms with Crippen LogP contribution in [0.3, 0.4) is 0 Å². The minimum atomic E-state index is 0.163. The fraction of sp³-hybridized carbons (Fsp3) is 0.480. The average molecular weight is 442 g/mol. The number of nitrogens with zero attached hydrogens (tertiary/aromatic N) is 2. The van der Waals surface area contributed by atoms with Gasteiger partial charge in [0, 0.05) is 32.7 Å². The zero-order chi connectivity index (χ0) is 21.9. The number of thiocarbonyl (C=S) groups is 1. The van der Waals surface area contributed by atoms with Gasteiger partial charge < -0.3 is 19.7 Å². The fourth-order valence-electron chi connectivity index (χ4n) is 3.74. The molecule has 0 saturated carbocycles. The molecule has 0 bridgehead atoms. The normalized spacial score (nSPS) is 15.3. The van der Waals surface area contributed by atoms with Crippen LogP contribution < -0.4 is 10.1 Å². The summed E-state index contributed by atoms with van der Waals surface area (Å²) in [5, 5.41) is 4.33. The minimum absolute atomic E-state index is 0.163. The van der Waals surface area contributed by atoms with Crippen LogP contribution in [0.25, 0.3) is 0 Å². The molecular formula is C25H35N3O2S. The Morgan fingerprint density at radius 2 is 1.84 bits per heavy atom. The molecular weight excluding hydrogens is 406 g/mol. The first-order chi connectivity index (χ1) is 15.2. The SMILES string of the molecule is CCOc1ccc(CN(CCCN2CCOCC2)C(=S)NC(C)c2ccccc2)cc1. The number of hydrogen-bond donors (Lipinski definition) is 1. The maximum absolute atomic E-state index is 5.84. The van der Waals surface area contributed by atoms with Crippen molar-refractivity contribution in [3.8, 4) is 5.75 Å². The predicted octanol–water partition coefficient (Wildman–Crippen LogP) is 4.25. The summed E-state index contributed by atoms with van der Waals surface area (Å²) in [5.74, 6) is 0.906. The number of hydrogen-bond acceptors (Lipinski definition) is 4. The molecule has 1 aliphatic rings. The summed E-state index contributed by atoms with van der Waals surface area (Å²) in [6.45, 7) is 11.3. The number of morpholine rings is 1. The Balaban J connectivity index is 1.61. The van der Waals surface area contributed by atoms with E-state index in [1.807, 2.05) is 25.1 Å². The van der Waals surface area contributed by atoms with Gasteiger partial charge >= 0.3 is 0 Å². The second-order valence-corrected chi connectivity index (χ2v) is 8.27. The van der Waals surface area contributed by atoms with Crippen molar-refractivity contribution in [3.63, 3.8) is 0 Å². The largest absolute Gasteiger partial charge is 0.494 e. The lowest BCUT2D eigenvalue weighted by molar-refractivity contribution is 0.0367. The second kappa shape index (κ2) is 12.6. The van der Waals surface area contributed by atoms with Gasteiger partial charge in [0.25, 0.3) is 0 Å². The highest BCUT2D eigenvalue weighted by Gasteiger charge is 2.16. The smallest absolute Gasteiger partial charge is 0.169 e. The Hall–Kier alpha value is -2.15. The molecule has 3 rings (SSSR count). The lowest BCUT2D eigenvalue weighted by Crippen LogP contribution is -2.42. The zero-order valence-corrected chi connectivity index (χ0v) is 19.6. The zero-order valence-electron chi connectivity index (χ0n) is 18.8. The van der Waals surface area contributed by atoms with E-state index in [0.717, 1.165) is 63.2 Å². The van der Waals surface area contributed by atoms with E-state index in [1.165, 1.54) is 11.1 Å². The Kier molecular flexibility index (Phi) is 9.59. The minimum Gasteiger partial charge on any atom is -0.494 e. The van der Waals surface area contributed by atoms with Crippen molar-refractivity contribution in [2.75, 3.05) is 46.0 Å². The molecule has 1 N–H and O–H groups in total. The summed E-state index contributed by atoms with van der Waals surface area (Å²) in [4.78, 5) is 4.76. The first-order valence-electron chi connectivity index (χ1n) is 11.3. The number of nitrogens with one attached hydrogen (secondary N) is 1. The predicted molar refractivity (Wildman–Crippen MR) is 130 cm³/mol. The van der Waals surface area contributed by atoms with Crippen LogP contribution in [-0.2, 0) is 11.3 Å². The molecule has 6 heteroatoms. The van der Waals surface area contributed by atoms with Crippen LogP contribution in [0.4, 0.5) is 0 Å². The first kappa shape index (κ1) is 23.5. The second-order valence-electron chi connectivity index (χ2n) is 7.89. The van der Waals surface area contributed by atoms with Crippen LogP contribution in [0.1, 0.15) is 37.4 Å². The topological polar surface area (TPSA) is 37.0 Å². The maximum atomic E-state index is 5.84. The average Bonchev–Trinajstić information content (AvgIpc) is 2.81. The molecule has 1 heterocycles. The molecule has 2 aromatic rings. The van der Waals surface area contributed by atoms with Crippen LogP contribution >= 0.6 is 12.2 Å².